The summed E-state index contributed by atoms with van der Waals surface area (Å²) in [5.41, 5.74) is 6.97. The van der Waals surface area contributed by atoms with Crippen molar-refractivity contribution in [2.45, 2.75) is 25.8 Å². The van der Waals surface area contributed by atoms with E-state index in [4.69, 9.17) is 10.2 Å². The van der Waals surface area contributed by atoms with Crippen molar-refractivity contribution < 1.29 is 9.21 Å². The molecule has 1 atom stereocenters. The Bertz CT molecular complexity index is 539. The topological polar surface area (TPSA) is 94.0 Å². The zero-order valence-electron chi connectivity index (χ0n) is 10.7. The fourth-order valence-electron chi connectivity index (χ4n) is 1.64. The molecule has 3 N–H and O–H groups in total. The minimum absolute atomic E-state index is 0.0812. The van der Waals surface area contributed by atoms with Crippen molar-refractivity contribution in [2.24, 2.45) is 5.73 Å². The lowest BCUT2D eigenvalue weighted by atomic mass is 10.1. The van der Waals surface area contributed by atoms with Crippen LogP contribution in [0.25, 0.3) is 0 Å². The Morgan fingerprint density at radius 2 is 2.11 bits per heavy atom. The number of hydrogen-bond acceptors (Lipinski definition) is 5. The minimum Gasteiger partial charge on any atom is -0.408 e. The Labute approximate surface area is 111 Å². The lowest BCUT2D eigenvalue weighted by Crippen LogP contribution is -2.36. The molecule has 6 nitrogen and oxygen atoms in total. The number of carbonyl (C=O) groups excluding carboxylic acids is 1. The molecule has 1 amide bonds. The fourth-order valence-corrected chi connectivity index (χ4v) is 1.64. The van der Waals surface area contributed by atoms with Crippen LogP contribution in [-0.2, 0) is 11.2 Å². The first-order valence-corrected chi connectivity index (χ1v) is 6.05. The van der Waals surface area contributed by atoms with Crippen LogP contribution in [0, 0.1) is 6.92 Å². The largest absolute Gasteiger partial charge is 0.408 e. The van der Waals surface area contributed by atoms with Gasteiger partial charge in [-0.2, -0.15) is 0 Å². The Balaban J connectivity index is 1.82. The predicted octanol–water partition coefficient (Wildman–Crippen LogP) is 1.28. The van der Waals surface area contributed by atoms with Crippen molar-refractivity contribution in [3.8, 4) is 0 Å². The molecule has 1 aromatic carbocycles. The highest BCUT2D eigenvalue weighted by Crippen LogP contribution is 2.07. The zero-order valence-corrected chi connectivity index (χ0v) is 10.7. The molecule has 0 aliphatic carbocycles. The molecule has 0 bridgehead atoms. The predicted molar refractivity (Wildman–Crippen MR) is 70.4 cm³/mol. The third-order valence-corrected chi connectivity index (χ3v) is 2.68. The molecule has 0 aliphatic rings. The van der Waals surface area contributed by atoms with Gasteiger partial charge in [-0.25, -0.2) is 0 Å². The van der Waals surface area contributed by atoms with Gasteiger partial charge in [-0.3, -0.25) is 10.1 Å². The van der Waals surface area contributed by atoms with Crippen molar-refractivity contribution in [3.05, 3.63) is 41.8 Å². The van der Waals surface area contributed by atoms with Crippen LogP contribution < -0.4 is 11.1 Å². The number of carbonyl (C=O) groups is 1. The lowest BCUT2D eigenvalue weighted by Gasteiger charge is -2.09. The first-order valence-electron chi connectivity index (χ1n) is 6.05. The number of rotatable bonds is 5. The SMILES string of the molecule is Cc1nnc(NC(=O)[C@@H](N)CCc2ccccc2)o1. The molecule has 19 heavy (non-hydrogen) atoms. The third kappa shape index (κ3) is 3.89. The summed E-state index contributed by atoms with van der Waals surface area (Å²) in [4.78, 5) is 11.8. The van der Waals surface area contributed by atoms with E-state index in [1.54, 1.807) is 6.92 Å². The molecular formula is C13H16N4O2. The highest BCUT2D eigenvalue weighted by Gasteiger charge is 2.15. The zero-order chi connectivity index (χ0) is 13.7. The van der Waals surface area contributed by atoms with Gasteiger partial charge in [-0.05, 0) is 18.4 Å². The van der Waals surface area contributed by atoms with Gasteiger partial charge in [-0.15, -0.1) is 5.10 Å². The third-order valence-electron chi connectivity index (χ3n) is 2.68. The van der Waals surface area contributed by atoms with Crippen molar-refractivity contribution in [3.63, 3.8) is 0 Å². The van der Waals surface area contributed by atoms with Crippen LogP contribution in [0.1, 0.15) is 17.9 Å². The number of benzene rings is 1. The highest BCUT2D eigenvalue weighted by molar-refractivity contribution is 5.92. The molecule has 0 radical (unpaired) electrons. The number of nitrogens with zero attached hydrogens (tertiary/aromatic N) is 2. The fraction of sp³-hybridized carbons (Fsp3) is 0.308. The second-order valence-electron chi connectivity index (χ2n) is 4.25. The van der Waals surface area contributed by atoms with E-state index >= 15 is 0 Å². The van der Waals surface area contributed by atoms with Gasteiger partial charge in [0.1, 0.15) is 0 Å². The molecule has 0 unspecified atom stereocenters. The maximum Gasteiger partial charge on any atom is 0.322 e. The first-order chi connectivity index (χ1) is 9.15. The summed E-state index contributed by atoms with van der Waals surface area (Å²) < 4.78 is 5.06. The standard InChI is InChI=1S/C13H16N4O2/c1-9-16-17-13(19-9)15-12(18)11(14)8-7-10-5-3-2-4-6-10/h2-6,11H,7-8,14H2,1H3,(H,15,17,18)/t11-/m0/s1. The molecule has 0 spiro atoms. The second-order valence-corrected chi connectivity index (χ2v) is 4.25. The van der Waals surface area contributed by atoms with Gasteiger partial charge in [0.25, 0.3) is 0 Å². The van der Waals surface area contributed by atoms with E-state index in [1.807, 2.05) is 30.3 Å². The molecule has 0 saturated heterocycles. The number of aryl methyl sites for hydroxylation is 2. The van der Waals surface area contributed by atoms with Crippen LogP contribution in [0.5, 0.6) is 0 Å². The van der Waals surface area contributed by atoms with Gasteiger partial charge < -0.3 is 10.2 Å². The van der Waals surface area contributed by atoms with E-state index < -0.39 is 6.04 Å². The minimum atomic E-state index is -0.604. The van der Waals surface area contributed by atoms with Crippen molar-refractivity contribution >= 4 is 11.9 Å². The molecule has 1 heterocycles. The van der Waals surface area contributed by atoms with E-state index in [0.717, 1.165) is 12.0 Å². The van der Waals surface area contributed by atoms with Crippen LogP contribution in [-0.4, -0.2) is 22.1 Å². The van der Waals surface area contributed by atoms with Crippen LogP contribution >= 0.6 is 0 Å². The number of nitrogens with one attached hydrogen (secondary N) is 1. The number of amides is 1. The Morgan fingerprint density at radius 1 is 1.37 bits per heavy atom. The van der Waals surface area contributed by atoms with Crippen LogP contribution in [0.2, 0.25) is 0 Å². The molecule has 1 aromatic heterocycles. The van der Waals surface area contributed by atoms with Crippen molar-refractivity contribution in [2.75, 3.05) is 5.32 Å². The molecule has 6 heteroatoms. The smallest absolute Gasteiger partial charge is 0.322 e. The van der Waals surface area contributed by atoms with Crippen molar-refractivity contribution in [1.82, 2.24) is 10.2 Å². The van der Waals surface area contributed by atoms with Gasteiger partial charge in [0.2, 0.25) is 11.8 Å². The van der Waals surface area contributed by atoms with Gasteiger partial charge in [0.05, 0.1) is 6.04 Å². The molecule has 100 valence electrons. The van der Waals surface area contributed by atoms with E-state index in [9.17, 15) is 4.79 Å². The first kappa shape index (κ1) is 13.2. The van der Waals surface area contributed by atoms with Crippen LogP contribution in [0.4, 0.5) is 6.01 Å². The summed E-state index contributed by atoms with van der Waals surface area (Å²) in [6, 6.07) is 9.36. The lowest BCUT2D eigenvalue weighted by molar-refractivity contribution is -0.117. The van der Waals surface area contributed by atoms with Gasteiger partial charge in [-0.1, -0.05) is 35.4 Å². The molecule has 2 aromatic rings. The number of aromatic nitrogens is 2. The summed E-state index contributed by atoms with van der Waals surface area (Å²) >= 11 is 0. The van der Waals surface area contributed by atoms with Crippen LogP contribution in [0.15, 0.2) is 34.7 Å². The maximum atomic E-state index is 11.8. The van der Waals surface area contributed by atoms with Crippen molar-refractivity contribution in [1.29, 1.82) is 0 Å². The summed E-state index contributed by atoms with van der Waals surface area (Å²) in [6.07, 6.45) is 1.31. The van der Waals surface area contributed by atoms with Gasteiger partial charge >= 0.3 is 6.01 Å². The molecule has 0 aliphatic heterocycles. The van der Waals surface area contributed by atoms with E-state index in [-0.39, 0.29) is 11.9 Å². The average molecular weight is 260 g/mol. The summed E-state index contributed by atoms with van der Waals surface area (Å²) in [5, 5.41) is 9.80. The molecule has 2 rings (SSSR count). The molecular weight excluding hydrogens is 244 g/mol. The Morgan fingerprint density at radius 3 is 2.74 bits per heavy atom. The second kappa shape index (κ2) is 6.10. The summed E-state index contributed by atoms with van der Waals surface area (Å²) in [5.74, 6) is 0.0766. The Kier molecular flexibility index (Phi) is 4.25. The van der Waals surface area contributed by atoms with Gasteiger partial charge in [0.15, 0.2) is 0 Å². The molecule has 0 fully saturated rings. The summed E-state index contributed by atoms with van der Waals surface area (Å²) in [7, 11) is 0. The van der Waals surface area contributed by atoms with E-state index in [0.29, 0.717) is 12.3 Å². The molecule has 0 saturated carbocycles. The number of anilines is 1. The van der Waals surface area contributed by atoms with Gasteiger partial charge in [0, 0.05) is 6.92 Å². The quantitative estimate of drug-likeness (QED) is 0.844. The summed E-state index contributed by atoms with van der Waals surface area (Å²) in [6.45, 7) is 1.65. The van der Waals surface area contributed by atoms with E-state index in [1.165, 1.54) is 0 Å². The monoisotopic (exact) mass is 260 g/mol. The highest BCUT2D eigenvalue weighted by atomic mass is 16.4. The maximum absolute atomic E-state index is 11.8. The van der Waals surface area contributed by atoms with E-state index in [2.05, 4.69) is 15.5 Å². The Hall–Kier alpha value is -2.21. The number of nitrogens with two attached hydrogens (primary N) is 1. The normalized spacial score (nSPS) is 12.1. The average Bonchev–Trinajstić information content (AvgIpc) is 2.82. The number of hydrogen-bond donors (Lipinski definition) is 2. The van der Waals surface area contributed by atoms with Crippen LogP contribution in [0.3, 0.4) is 0 Å².